The topological polar surface area (TPSA) is 41.1 Å². The summed E-state index contributed by atoms with van der Waals surface area (Å²) in [6, 6.07) is 6.30. The van der Waals surface area contributed by atoms with Crippen LogP contribution in [0, 0.1) is 0 Å². The van der Waals surface area contributed by atoms with Crippen LogP contribution in [0.2, 0.25) is 0 Å². The number of fused-ring (bicyclic) bond motifs is 1. The second kappa shape index (κ2) is 4.89. The highest BCUT2D eigenvalue weighted by Crippen LogP contribution is 2.35. The Morgan fingerprint density at radius 1 is 1.50 bits per heavy atom. The molecule has 0 fully saturated rings. The number of benzene rings is 1. The molecule has 1 aliphatic heterocycles. The van der Waals surface area contributed by atoms with E-state index in [1.165, 1.54) is 10.5 Å². The number of rotatable bonds is 3. The van der Waals surface area contributed by atoms with E-state index in [9.17, 15) is 4.79 Å². The zero-order chi connectivity index (χ0) is 11.5. The molecular formula is C12H16N2OS. The van der Waals surface area contributed by atoms with E-state index in [1.54, 1.807) is 11.8 Å². The summed E-state index contributed by atoms with van der Waals surface area (Å²) in [7, 11) is 1.94. The Bertz CT molecular complexity index is 406. The molecule has 0 spiro atoms. The molecule has 1 aliphatic rings. The minimum absolute atomic E-state index is 0.00987. The number of carbonyl (C=O) groups excluding carboxylic acids is 1. The molecule has 1 heterocycles. The van der Waals surface area contributed by atoms with Gasteiger partial charge >= 0.3 is 0 Å². The summed E-state index contributed by atoms with van der Waals surface area (Å²) in [5, 5.41) is 6.08. The van der Waals surface area contributed by atoms with E-state index < -0.39 is 0 Å². The highest BCUT2D eigenvalue weighted by atomic mass is 32.2. The molecule has 1 atom stereocenters. The van der Waals surface area contributed by atoms with Crippen LogP contribution in [0.5, 0.6) is 0 Å². The van der Waals surface area contributed by atoms with Crippen LogP contribution in [-0.2, 0) is 11.2 Å². The van der Waals surface area contributed by atoms with E-state index in [4.69, 9.17) is 0 Å². The predicted molar refractivity (Wildman–Crippen MR) is 68.0 cm³/mol. The Balaban J connectivity index is 2.19. The quantitative estimate of drug-likeness (QED) is 0.842. The third kappa shape index (κ3) is 2.39. The Kier molecular flexibility index (Phi) is 3.51. The van der Waals surface area contributed by atoms with Crippen molar-refractivity contribution in [3.63, 3.8) is 0 Å². The molecular weight excluding hydrogens is 220 g/mol. The Labute approximate surface area is 100.0 Å². The number of amides is 1. The molecule has 0 aliphatic carbocycles. The van der Waals surface area contributed by atoms with E-state index in [2.05, 4.69) is 28.8 Å². The molecule has 2 N–H and O–H groups in total. The fraction of sp³-hybridized carbons (Fsp3) is 0.417. The van der Waals surface area contributed by atoms with Crippen LogP contribution in [0.4, 0.5) is 5.69 Å². The zero-order valence-electron chi connectivity index (χ0n) is 9.54. The average Bonchev–Trinajstić information content (AvgIpc) is 2.28. The first kappa shape index (κ1) is 11.5. The zero-order valence-corrected chi connectivity index (χ0v) is 10.4. The number of nitrogens with one attached hydrogen (secondary N) is 2. The van der Waals surface area contributed by atoms with Crippen molar-refractivity contribution >= 4 is 23.4 Å². The van der Waals surface area contributed by atoms with Crippen molar-refractivity contribution < 1.29 is 4.79 Å². The number of anilines is 1. The van der Waals surface area contributed by atoms with Crippen molar-refractivity contribution in [1.29, 1.82) is 0 Å². The molecule has 1 unspecified atom stereocenters. The first-order valence-electron chi connectivity index (χ1n) is 5.46. The van der Waals surface area contributed by atoms with Gasteiger partial charge in [-0.05, 0) is 44.6 Å². The fourth-order valence-electron chi connectivity index (χ4n) is 1.68. The molecule has 2 rings (SSSR count). The predicted octanol–water partition coefficient (Wildman–Crippen LogP) is 1.88. The number of thioether (sulfide) groups is 1. The van der Waals surface area contributed by atoms with Crippen molar-refractivity contribution in [3.8, 4) is 0 Å². The number of hydrogen-bond donors (Lipinski definition) is 2. The van der Waals surface area contributed by atoms with Gasteiger partial charge in [-0.15, -0.1) is 11.8 Å². The standard InChI is InChI=1S/C12H16N2OS/c1-8-12(15)14-10-7-9(5-6-13-2)3-4-11(10)16-8/h3-4,7-8,13H,5-6H2,1-2H3,(H,14,15). The van der Waals surface area contributed by atoms with Gasteiger partial charge < -0.3 is 10.6 Å². The Hall–Kier alpha value is -1.000. The van der Waals surface area contributed by atoms with Crippen LogP contribution >= 0.6 is 11.8 Å². The molecule has 1 amide bonds. The van der Waals surface area contributed by atoms with Gasteiger partial charge in [-0.3, -0.25) is 4.79 Å². The maximum Gasteiger partial charge on any atom is 0.237 e. The summed E-state index contributed by atoms with van der Waals surface area (Å²) in [4.78, 5) is 12.7. The van der Waals surface area contributed by atoms with Crippen LogP contribution in [0.1, 0.15) is 12.5 Å². The Morgan fingerprint density at radius 3 is 3.06 bits per heavy atom. The van der Waals surface area contributed by atoms with Gasteiger partial charge in [0.25, 0.3) is 0 Å². The van der Waals surface area contributed by atoms with Crippen molar-refractivity contribution in [2.24, 2.45) is 0 Å². The largest absolute Gasteiger partial charge is 0.324 e. The summed E-state index contributed by atoms with van der Waals surface area (Å²) >= 11 is 1.62. The second-order valence-electron chi connectivity index (χ2n) is 3.93. The lowest BCUT2D eigenvalue weighted by Crippen LogP contribution is -2.26. The minimum atomic E-state index is 0.00987. The van der Waals surface area contributed by atoms with E-state index in [0.29, 0.717) is 0 Å². The smallest absolute Gasteiger partial charge is 0.237 e. The molecule has 0 saturated heterocycles. The van der Waals surface area contributed by atoms with Crippen molar-refractivity contribution in [1.82, 2.24) is 5.32 Å². The van der Waals surface area contributed by atoms with Crippen molar-refractivity contribution in [2.45, 2.75) is 23.5 Å². The Morgan fingerprint density at radius 2 is 2.31 bits per heavy atom. The molecule has 86 valence electrons. The molecule has 0 radical (unpaired) electrons. The van der Waals surface area contributed by atoms with Crippen molar-refractivity contribution in [3.05, 3.63) is 23.8 Å². The first-order chi connectivity index (χ1) is 7.70. The summed E-state index contributed by atoms with van der Waals surface area (Å²) < 4.78 is 0. The van der Waals surface area contributed by atoms with Gasteiger partial charge in [0, 0.05) is 4.90 Å². The van der Waals surface area contributed by atoms with Gasteiger partial charge in [0.15, 0.2) is 0 Å². The van der Waals surface area contributed by atoms with Crippen LogP contribution in [0.3, 0.4) is 0 Å². The fourth-order valence-corrected chi connectivity index (χ4v) is 2.61. The third-order valence-corrected chi connectivity index (χ3v) is 3.82. The van der Waals surface area contributed by atoms with Gasteiger partial charge in [0.2, 0.25) is 5.91 Å². The van der Waals surface area contributed by atoms with Gasteiger partial charge in [0.1, 0.15) is 0 Å². The monoisotopic (exact) mass is 236 g/mol. The molecule has 16 heavy (non-hydrogen) atoms. The van der Waals surface area contributed by atoms with E-state index in [1.807, 2.05) is 14.0 Å². The highest BCUT2D eigenvalue weighted by Gasteiger charge is 2.22. The van der Waals surface area contributed by atoms with Crippen LogP contribution < -0.4 is 10.6 Å². The summed E-state index contributed by atoms with van der Waals surface area (Å²) in [5.74, 6) is 0.100. The van der Waals surface area contributed by atoms with E-state index >= 15 is 0 Å². The summed E-state index contributed by atoms with van der Waals surface area (Å²) in [6.45, 7) is 2.88. The van der Waals surface area contributed by atoms with Crippen LogP contribution in [0.15, 0.2) is 23.1 Å². The average molecular weight is 236 g/mol. The lowest BCUT2D eigenvalue weighted by molar-refractivity contribution is -0.115. The molecule has 0 aromatic heterocycles. The van der Waals surface area contributed by atoms with Crippen LogP contribution in [0.25, 0.3) is 0 Å². The molecule has 0 bridgehead atoms. The van der Waals surface area contributed by atoms with E-state index in [0.717, 1.165) is 18.7 Å². The SMILES string of the molecule is CNCCc1ccc2c(c1)NC(=O)C(C)S2. The molecule has 4 heteroatoms. The van der Waals surface area contributed by atoms with Gasteiger partial charge in [-0.1, -0.05) is 6.07 Å². The second-order valence-corrected chi connectivity index (χ2v) is 5.32. The normalized spacial score (nSPS) is 19.1. The first-order valence-corrected chi connectivity index (χ1v) is 6.33. The molecule has 3 nitrogen and oxygen atoms in total. The van der Waals surface area contributed by atoms with Crippen LogP contribution in [-0.4, -0.2) is 24.7 Å². The summed E-state index contributed by atoms with van der Waals surface area (Å²) in [6.07, 6.45) is 0.986. The van der Waals surface area contributed by atoms with Crippen molar-refractivity contribution in [2.75, 3.05) is 18.9 Å². The van der Waals surface area contributed by atoms with Gasteiger partial charge in [-0.25, -0.2) is 0 Å². The van der Waals surface area contributed by atoms with Gasteiger partial charge in [0.05, 0.1) is 10.9 Å². The number of hydrogen-bond acceptors (Lipinski definition) is 3. The highest BCUT2D eigenvalue weighted by molar-refractivity contribution is 8.00. The number of carbonyl (C=O) groups is 1. The third-order valence-electron chi connectivity index (χ3n) is 2.64. The number of likely N-dealkylation sites (N-methyl/N-ethyl adjacent to an activating group) is 1. The van der Waals surface area contributed by atoms with E-state index in [-0.39, 0.29) is 11.2 Å². The minimum Gasteiger partial charge on any atom is -0.324 e. The summed E-state index contributed by atoms with van der Waals surface area (Å²) in [5.41, 5.74) is 2.21. The molecule has 1 aromatic carbocycles. The van der Waals surface area contributed by atoms with Gasteiger partial charge in [-0.2, -0.15) is 0 Å². The maximum atomic E-state index is 11.5. The maximum absolute atomic E-state index is 11.5. The lowest BCUT2D eigenvalue weighted by atomic mass is 10.1. The molecule has 0 saturated carbocycles. The molecule has 1 aromatic rings. The lowest BCUT2D eigenvalue weighted by Gasteiger charge is -2.21.